The Bertz CT molecular complexity index is 782. The lowest BCUT2D eigenvalue weighted by atomic mass is 9.85. The molecule has 2 aromatic heterocycles. The molecule has 2 atom stereocenters. The van der Waals surface area contributed by atoms with Crippen molar-refractivity contribution in [3.05, 3.63) is 48.1 Å². The summed E-state index contributed by atoms with van der Waals surface area (Å²) in [4.78, 5) is 18.9. The van der Waals surface area contributed by atoms with Crippen LogP contribution in [0.4, 0.5) is 14.7 Å². The van der Waals surface area contributed by atoms with E-state index in [1.807, 2.05) is 4.90 Å². The van der Waals surface area contributed by atoms with Crippen molar-refractivity contribution in [3.8, 4) is 0 Å². The van der Waals surface area contributed by atoms with Gasteiger partial charge in [0.25, 0.3) is 0 Å². The van der Waals surface area contributed by atoms with Crippen LogP contribution < -0.4 is 10.6 Å². The first-order valence-electron chi connectivity index (χ1n) is 7.39. The van der Waals surface area contributed by atoms with E-state index >= 15 is 0 Å². The van der Waals surface area contributed by atoms with Gasteiger partial charge in [0, 0.05) is 18.2 Å². The lowest BCUT2D eigenvalue weighted by Crippen LogP contribution is -2.40. The Morgan fingerprint density at radius 3 is 2.58 bits per heavy atom. The molecule has 4 heterocycles. The summed E-state index contributed by atoms with van der Waals surface area (Å²) in [5.41, 5.74) is 5.96. The van der Waals surface area contributed by atoms with Crippen molar-refractivity contribution >= 4 is 22.9 Å². The van der Waals surface area contributed by atoms with E-state index in [0.29, 0.717) is 29.9 Å². The van der Waals surface area contributed by atoms with Crippen LogP contribution in [-0.2, 0) is 5.54 Å². The highest BCUT2D eigenvalue weighted by Crippen LogP contribution is 2.45. The lowest BCUT2D eigenvalue weighted by molar-refractivity contribution is 0.376. The standard InChI is InChI=1S/C15H14F2N6S/c16-10-1-2-12(19-3-10)15-8-23(14-20-4-11(17)5-21-14)6-9(15)7-24-13(18)22-15/h1-5,9H,6-8H2,(H2,18,22)/t9-,15-/m0/s1. The van der Waals surface area contributed by atoms with E-state index < -0.39 is 17.2 Å². The summed E-state index contributed by atoms with van der Waals surface area (Å²) in [6, 6.07) is 3.02. The van der Waals surface area contributed by atoms with Crippen molar-refractivity contribution in [3.63, 3.8) is 0 Å². The van der Waals surface area contributed by atoms with E-state index in [1.165, 1.54) is 24.0 Å². The molecule has 2 aliphatic heterocycles. The number of aromatic nitrogens is 3. The lowest BCUT2D eigenvalue weighted by Gasteiger charge is -2.33. The van der Waals surface area contributed by atoms with Crippen LogP contribution in [-0.4, -0.2) is 39.0 Å². The van der Waals surface area contributed by atoms with Crippen LogP contribution >= 0.6 is 11.8 Å². The van der Waals surface area contributed by atoms with Gasteiger partial charge < -0.3 is 10.6 Å². The van der Waals surface area contributed by atoms with Gasteiger partial charge in [-0.1, -0.05) is 11.8 Å². The highest BCUT2D eigenvalue weighted by Gasteiger charge is 2.51. The molecular formula is C15H14F2N6S. The number of aliphatic imine (C=N–C) groups is 1. The maximum atomic E-state index is 13.3. The molecule has 0 saturated carbocycles. The second kappa shape index (κ2) is 5.66. The van der Waals surface area contributed by atoms with Crippen LogP contribution in [0.3, 0.4) is 0 Å². The zero-order valence-electron chi connectivity index (χ0n) is 12.6. The molecule has 0 amide bonds. The number of amidine groups is 1. The summed E-state index contributed by atoms with van der Waals surface area (Å²) in [5, 5.41) is 0.485. The van der Waals surface area contributed by atoms with Crippen LogP contribution in [0.25, 0.3) is 0 Å². The smallest absolute Gasteiger partial charge is 0.225 e. The second-order valence-corrected chi connectivity index (χ2v) is 6.87. The van der Waals surface area contributed by atoms with Crippen LogP contribution in [0.5, 0.6) is 0 Å². The Labute approximate surface area is 141 Å². The van der Waals surface area contributed by atoms with E-state index in [0.717, 1.165) is 18.1 Å². The average Bonchev–Trinajstić information content (AvgIpc) is 2.96. The van der Waals surface area contributed by atoms with Gasteiger partial charge in [-0.25, -0.2) is 23.7 Å². The number of hydrogen-bond acceptors (Lipinski definition) is 7. The van der Waals surface area contributed by atoms with Crippen molar-refractivity contribution < 1.29 is 8.78 Å². The molecule has 0 aliphatic carbocycles. The van der Waals surface area contributed by atoms with Gasteiger partial charge in [0.2, 0.25) is 5.95 Å². The minimum absolute atomic E-state index is 0.126. The number of rotatable bonds is 2. The molecule has 0 aromatic carbocycles. The maximum Gasteiger partial charge on any atom is 0.225 e. The second-order valence-electron chi connectivity index (χ2n) is 5.83. The number of halogens is 2. The Hall–Kier alpha value is -2.29. The largest absolute Gasteiger partial charge is 0.379 e. The Kier molecular flexibility index (Phi) is 3.60. The molecule has 0 spiro atoms. The van der Waals surface area contributed by atoms with Crippen molar-refractivity contribution in [2.75, 3.05) is 23.7 Å². The van der Waals surface area contributed by atoms with Gasteiger partial charge in [0.05, 0.1) is 30.8 Å². The molecule has 0 bridgehead atoms. The molecule has 6 nitrogen and oxygen atoms in total. The monoisotopic (exact) mass is 348 g/mol. The predicted molar refractivity (Wildman–Crippen MR) is 87.6 cm³/mol. The van der Waals surface area contributed by atoms with Crippen LogP contribution in [0.1, 0.15) is 5.69 Å². The minimum atomic E-state index is -0.666. The van der Waals surface area contributed by atoms with Crippen LogP contribution in [0, 0.1) is 17.6 Å². The average molecular weight is 348 g/mol. The normalized spacial score (nSPS) is 26.2. The van der Waals surface area contributed by atoms with Crippen LogP contribution in [0.2, 0.25) is 0 Å². The van der Waals surface area contributed by atoms with Crippen molar-refractivity contribution in [2.24, 2.45) is 16.6 Å². The third kappa shape index (κ3) is 2.48. The molecule has 4 rings (SSSR count). The fourth-order valence-electron chi connectivity index (χ4n) is 3.23. The highest BCUT2D eigenvalue weighted by atomic mass is 32.2. The molecule has 124 valence electrons. The van der Waals surface area contributed by atoms with Gasteiger partial charge in [-0.15, -0.1) is 0 Å². The fraction of sp³-hybridized carbons (Fsp3) is 0.333. The van der Waals surface area contributed by atoms with Gasteiger partial charge in [0.15, 0.2) is 11.0 Å². The molecule has 0 radical (unpaired) electrons. The van der Waals surface area contributed by atoms with E-state index in [1.54, 1.807) is 6.07 Å². The predicted octanol–water partition coefficient (Wildman–Crippen LogP) is 1.54. The topological polar surface area (TPSA) is 80.3 Å². The first-order valence-corrected chi connectivity index (χ1v) is 8.38. The molecule has 1 fully saturated rings. The Morgan fingerprint density at radius 1 is 1.12 bits per heavy atom. The summed E-state index contributed by atoms with van der Waals surface area (Å²) >= 11 is 1.49. The number of nitrogens with two attached hydrogens (primary N) is 1. The maximum absolute atomic E-state index is 13.3. The minimum Gasteiger partial charge on any atom is -0.379 e. The van der Waals surface area contributed by atoms with Crippen molar-refractivity contribution in [1.82, 2.24) is 15.0 Å². The van der Waals surface area contributed by atoms with E-state index in [9.17, 15) is 8.78 Å². The molecule has 2 aliphatic rings. The Morgan fingerprint density at radius 2 is 1.88 bits per heavy atom. The SMILES string of the molecule is NC1=N[C@@]2(c3ccc(F)cn3)CN(c3ncc(F)cn3)C[C@H]2CS1. The fourth-order valence-corrected chi connectivity index (χ4v) is 4.21. The number of hydrogen-bond donors (Lipinski definition) is 1. The molecule has 24 heavy (non-hydrogen) atoms. The van der Waals surface area contributed by atoms with E-state index in [2.05, 4.69) is 19.9 Å². The number of anilines is 1. The third-order valence-electron chi connectivity index (χ3n) is 4.35. The van der Waals surface area contributed by atoms with Gasteiger partial charge in [-0.3, -0.25) is 4.98 Å². The van der Waals surface area contributed by atoms with E-state index in [-0.39, 0.29) is 5.92 Å². The van der Waals surface area contributed by atoms with E-state index in [4.69, 9.17) is 5.73 Å². The number of thioether (sulfide) groups is 1. The molecule has 2 aromatic rings. The van der Waals surface area contributed by atoms with Gasteiger partial charge >= 0.3 is 0 Å². The summed E-state index contributed by atoms with van der Waals surface area (Å²) < 4.78 is 26.3. The number of fused-ring (bicyclic) bond motifs is 1. The van der Waals surface area contributed by atoms with Crippen molar-refractivity contribution in [2.45, 2.75) is 5.54 Å². The van der Waals surface area contributed by atoms with Crippen LogP contribution in [0.15, 0.2) is 35.7 Å². The molecule has 2 N–H and O–H groups in total. The van der Waals surface area contributed by atoms with Crippen molar-refractivity contribution in [1.29, 1.82) is 0 Å². The molecule has 9 heteroatoms. The zero-order valence-corrected chi connectivity index (χ0v) is 13.4. The quantitative estimate of drug-likeness (QED) is 0.887. The summed E-state index contributed by atoms with van der Waals surface area (Å²) in [7, 11) is 0. The molecule has 0 unspecified atom stereocenters. The number of nitrogens with zero attached hydrogens (tertiary/aromatic N) is 5. The summed E-state index contributed by atoms with van der Waals surface area (Å²) in [6.07, 6.45) is 3.46. The first-order chi connectivity index (χ1) is 11.6. The Balaban J connectivity index is 1.74. The highest BCUT2D eigenvalue weighted by molar-refractivity contribution is 8.13. The third-order valence-corrected chi connectivity index (χ3v) is 5.31. The summed E-state index contributed by atoms with van der Waals surface area (Å²) in [5.74, 6) is 0.452. The van der Waals surface area contributed by atoms with Gasteiger partial charge in [-0.2, -0.15) is 0 Å². The summed E-state index contributed by atoms with van der Waals surface area (Å²) in [6.45, 7) is 1.11. The molecular weight excluding hydrogens is 334 g/mol. The number of pyridine rings is 1. The van der Waals surface area contributed by atoms with Gasteiger partial charge in [0.1, 0.15) is 11.4 Å². The first kappa shape index (κ1) is 15.3. The van der Waals surface area contributed by atoms with Gasteiger partial charge in [-0.05, 0) is 12.1 Å². The zero-order chi connectivity index (χ0) is 16.7. The molecule has 1 saturated heterocycles.